The molecular formula is C20H20ClN5O4. The van der Waals surface area contributed by atoms with E-state index in [0.717, 1.165) is 11.0 Å². The summed E-state index contributed by atoms with van der Waals surface area (Å²) in [5, 5.41) is 24.6. The van der Waals surface area contributed by atoms with Crippen molar-refractivity contribution in [1.29, 1.82) is 0 Å². The Kier molecular flexibility index (Phi) is 5.67. The molecule has 10 heteroatoms. The average Bonchev–Trinajstić information content (AvgIpc) is 3.30. The SMILES string of the molecule is O=C(NCc1nc2ccccc2[nH]1)C1CC(O)CN1Cc1ccc(Cl)cc1[N+](=O)[O-]. The third kappa shape index (κ3) is 4.28. The Labute approximate surface area is 176 Å². The predicted molar refractivity (Wildman–Crippen MR) is 111 cm³/mol. The first-order chi connectivity index (χ1) is 14.4. The van der Waals surface area contributed by atoms with Crippen molar-refractivity contribution in [2.24, 2.45) is 0 Å². The molecule has 30 heavy (non-hydrogen) atoms. The van der Waals surface area contributed by atoms with E-state index in [4.69, 9.17) is 11.6 Å². The molecule has 3 N–H and O–H groups in total. The molecular weight excluding hydrogens is 410 g/mol. The number of para-hydroxylation sites is 2. The number of carbonyl (C=O) groups is 1. The summed E-state index contributed by atoms with van der Waals surface area (Å²) in [6.45, 7) is 0.630. The minimum Gasteiger partial charge on any atom is -0.392 e. The largest absolute Gasteiger partial charge is 0.392 e. The van der Waals surface area contributed by atoms with Gasteiger partial charge in [-0.05, 0) is 30.7 Å². The van der Waals surface area contributed by atoms with E-state index in [9.17, 15) is 20.0 Å². The third-order valence-electron chi connectivity index (χ3n) is 5.17. The molecule has 0 saturated carbocycles. The second-order valence-electron chi connectivity index (χ2n) is 7.28. The van der Waals surface area contributed by atoms with E-state index in [1.54, 1.807) is 17.0 Å². The number of H-pyrrole nitrogens is 1. The van der Waals surface area contributed by atoms with Crippen LogP contribution in [-0.4, -0.2) is 49.5 Å². The van der Waals surface area contributed by atoms with Gasteiger partial charge in [-0.25, -0.2) is 4.98 Å². The van der Waals surface area contributed by atoms with Crippen molar-refractivity contribution in [3.8, 4) is 0 Å². The van der Waals surface area contributed by atoms with Gasteiger partial charge in [0.2, 0.25) is 5.91 Å². The van der Waals surface area contributed by atoms with Gasteiger partial charge < -0.3 is 15.4 Å². The van der Waals surface area contributed by atoms with E-state index in [2.05, 4.69) is 15.3 Å². The smallest absolute Gasteiger partial charge is 0.275 e. The van der Waals surface area contributed by atoms with Crippen LogP contribution in [0.5, 0.6) is 0 Å². The summed E-state index contributed by atoms with van der Waals surface area (Å²) in [6, 6.07) is 11.4. The molecule has 2 aromatic carbocycles. The van der Waals surface area contributed by atoms with Crippen LogP contribution in [0.15, 0.2) is 42.5 Å². The van der Waals surface area contributed by atoms with Gasteiger partial charge in [0.25, 0.3) is 5.69 Å². The number of aromatic nitrogens is 2. The number of aliphatic hydroxyl groups excluding tert-OH is 1. The number of nitrogens with one attached hydrogen (secondary N) is 2. The molecule has 156 valence electrons. The van der Waals surface area contributed by atoms with Crippen LogP contribution in [-0.2, 0) is 17.9 Å². The maximum Gasteiger partial charge on any atom is 0.275 e. The zero-order valence-corrected chi connectivity index (χ0v) is 16.7. The van der Waals surface area contributed by atoms with Gasteiger partial charge in [0, 0.05) is 29.7 Å². The number of aliphatic hydroxyl groups is 1. The lowest BCUT2D eigenvalue weighted by Crippen LogP contribution is -2.42. The number of β-amino-alcohol motifs (C(OH)–C–C–N with tert-alkyl or cyclic N) is 1. The molecule has 1 aromatic heterocycles. The Balaban J connectivity index is 1.46. The molecule has 0 spiro atoms. The molecule has 2 unspecified atom stereocenters. The van der Waals surface area contributed by atoms with E-state index in [-0.39, 0.29) is 42.7 Å². The van der Waals surface area contributed by atoms with Crippen LogP contribution >= 0.6 is 11.6 Å². The summed E-state index contributed by atoms with van der Waals surface area (Å²) >= 11 is 5.88. The molecule has 0 aliphatic carbocycles. The van der Waals surface area contributed by atoms with E-state index in [0.29, 0.717) is 11.4 Å². The number of rotatable bonds is 6. The zero-order valence-electron chi connectivity index (χ0n) is 15.9. The number of nitro groups is 1. The number of carbonyl (C=O) groups excluding carboxylic acids is 1. The lowest BCUT2D eigenvalue weighted by atomic mass is 10.1. The maximum atomic E-state index is 12.8. The van der Waals surface area contributed by atoms with Crippen molar-refractivity contribution >= 4 is 34.2 Å². The van der Waals surface area contributed by atoms with Crippen molar-refractivity contribution in [3.05, 3.63) is 69.0 Å². The molecule has 1 aliphatic rings. The molecule has 1 aliphatic heterocycles. The van der Waals surface area contributed by atoms with Crippen LogP contribution in [0, 0.1) is 10.1 Å². The summed E-state index contributed by atoms with van der Waals surface area (Å²) in [5.74, 6) is 0.367. The highest BCUT2D eigenvalue weighted by atomic mass is 35.5. The number of hydrogen-bond donors (Lipinski definition) is 3. The van der Waals surface area contributed by atoms with Crippen LogP contribution in [0.3, 0.4) is 0 Å². The fraction of sp³-hybridized carbons (Fsp3) is 0.300. The van der Waals surface area contributed by atoms with Crippen LogP contribution in [0.2, 0.25) is 5.02 Å². The first-order valence-electron chi connectivity index (χ1n) is 9.47. The fourth-order valence-electron chi connectivity index (χ4n) is 3.76. The standard InChI is InChI=1S/C20H20ClN5O4/c21-13-6-5-12(17(7-13)26(29)30)10-25-11-14(27)8-18(25)20(28)22-9-19-23-15-3-1-2-4-16(15)24-19/h1-7,14,18,27H,8-11H2,(H,22,28)(H,23,24). The lowest BCUT2D eigenvalue weighted by molar-refractivity contribution is -0.385. The monoisotopic (exact) mass is 429 g/mol. The normalized spacial score (nSPS) is 19.3. The Morgan fingerprint density at radius 2 is 2.17 bits per heavy atom. The van der Waals surface area contributed by atoms with Crippen LogP contribution in [0.1, 0.15) is 17.8 Å². The van der Waals surface area contributed by atoms with Crippen LogP contribution in [0.25, 0.3) is 11.0 Å². The van der Waals surface area contributed by atoms with Crippen LogP contribution < -0.4 is 5.32 Å². The predicted octanol–water partition coefficient (Wildman–Crippen LogP) is 2.38. The molecule has 1 fully saturated rings. The van der Waals surface area contributed by atoms with E-state index < -0.39 is 17.1 Å². The number of aromatic amines is 1. The minimum absolute atomic E-state index is 0.106. The highest BCUT2D eigenvalue weighted by molar-refractivity contribution is 6.30. The molecule has 1 saturated heterocycles. The number of likely N-dealkylation sites (tertiary alicyclic amines) is 1. The molecule has 9 nitrogen and oxygen atoms in total. The highest BCUT2D eigenvalue weighted by Gasteiger charge is 2.36. The third-order valence-corrected chi connectivity index (χ3v) is 5.41. The van der Waals surface area contributed by atoms with Crippen LogP contribution in [0.4, 0.5) is 5.69 Å². The molecule has 2 atom stereocenters. The Bertz CT molecular complexity index is 1070. The molecule has 3 aromatic rings. The second-order valence-corrected chi connectivity index (χ2v) is 7.72. The van der Waals surface area contributed by atoms with Gasteiger partial charge in [-0.15, -0.1) is 0 Å². The van der Waals surface area contributed by atoms with E-state index in [1.807, 2.05) is 24.3 Å². The number of imidazole rings is 1. The summed E-state index contributed by atoms with van der Waals surface area (Å²) in [4.78, 5) is 33.0. The van der Waals surface area contributed by atoms with Gasteiger partial charge >= 0.3 is 0 Å². The second kappa shape index (κ2) is 8.39. The Morgan fingerprint density at radius 3 is 2.93 bits per heavy atom. The molecule has 2 heterocycles. The maximum absolute atomic E-state index is 12.8. The van der Waals surface area contributed by atoms with Gasteiger partial charge in [0.15, 0.2) is 0 Å². The number of benzene rings is 2. The van der Waals surface area contributed by atoms with E-state index in [1.165, 1.54) is 6.07 Å². The first-order valence-corrected chi connectivity index (χ1v) is 9.85. The number of amides is 1. The van der Waals surface area contributed by atoms with Gasteiger partial charge in [-0.3, -0.25) is 19.8 Å². The number of nitro benzene ring substituents is 1. The molecule has 1 amide bonds. The van der Waals surface area contributed by atoms with Crippen molar-refractivity contribution < 1.29 is 14.8 Å². The van der Waals surface area contributed by atoms with Gasteiger partial charge in [0.1, 0.15) is 5.82 Å². The summed E-state index contributed by atoms with van der Waals surface area (Å²) in [5.41, 5.74) is 2.03. The highest BCUT2D eigenvalue weighted by Crippen LogP contribution is 2.28. The summed E-state index contributed by atoms with van der Waals surface area (Å²) in [7, 11) is 0. The minimum atomic E-state index is -0.682. The molecule has 4 rings (SSSR count). The van der Waals surface area contributed by atoms with Crippen molar-refractivity contribution in [1.82, 2.24) is 20.2 Å². The van der Waals surface area contributed by atoms with Gasteiger partial charge in [0.05, 0.1) is 34.6 Å². The quantitative estimate of drug-likeness (QED) is 0.408. The Morgan fingerprint density at radius 1 is 1.37 bits per heavy atom. The topological polar surface area (TPSA) is 124 Å². The van der Waals surface area contributed by atoms with Crippen molar-refractivity contribution in [2.75, 3.05) is 6.54 Å². The number of nitrogens with zero attached hydrogens (tertiary/aromatic N) is 3. The molecule has 0 bridgehead atoms. The van der Waals surface area contributed by atoms with Crippen molar-refractivity contribution in [3.63, 3.8) is 0 Å². The first kappa shape index (κ1) is 20.3. The van der Waals surface area contributed by atoms with Gasteiger partial charge in [-0.1, -0.05) is 23.7 Å². The van der Waals surface area contributed by atoms with Crippen molar-refractivity contribution in [2.45, 2.75) is 31.7 Å². The average molecular weight is 430 g/mol. The number of hydrogen-bond acceptors (Lipinski definition) is 6. The van der Waals surface area contributed by atoms with Gasteiger partial charge in [-0.2, -0.15) is 0 Å². The zero-order chi connectivity index (χ0) is 21.3. The fourth-order valence-corrected chi connectivity index (χ4v) is 3.93. The Hall–Kier alpha value is -3.01. The summed E-state index contributed by atoms with van der Waals surface area (Å²) < 4.78 is 0. The number of halogens is 1. The molecule has 0 radical (unpaired) electrons. The number of fused-ring (bicyclic) bond motifs is 1. The van der Waals surface area contributed by atoms with E-state index >= 15 is 0 Å². The summed E-state index contributed by atoms with van der Waals surface area (Å²) in [6.07, 6.45) is -0.425. The lowest BCUT2D eigenvalue weighted by Gasteiger charge is -2.23.